The van der Waals surface area contributed by atoms with E-state index in [0.717, 1.165) is 25.7 Å². The van der Waals surface area contributed by atoms with Crippen molar-refractivity contribution >= 4 is 0 Å². The minimum absolute atomic E-state index is 0.105. The minimum atomic E-state index is -0.844. The van der Waals surface area contributed by atoms with Crippen LogP contribution in [0.3, 0.4) is 0 Å². The fourth-order valence-corrected chi connectivity index (χ4v) is 4.38. The summed E-state index contributed by atoms with van der Waals surface area (Å²) in [6, 6.07) is 0.210. The van der Waals surface area contributed by atoms with Gasteiger partial charge in [0.1, 0.15) is 0 Å². The molecule has 2 aliphatic carbocycles. The molecule has 24 heavy (non-hydrogen) atoms. The molecule has 3 aliphatic rings. The average Bonchev–Trinajstić information content (AvgIpc) is 2.55. The van der Waals surface area contributed by atoms with Crippen molar-refractivity contribution in [2.45, 2.75) is 89.9 Å². The Labute approximate surface area is 145 Å². The van der Waals surface area contributed by atoms with Crippen molar-refractivity contribution in [1.29, 1.82) is 0 Å². The Morgan fingerprint density at radius 2 is 1.04 bits per heavy atom. The average molecular weight is 342 g/mol. The molecule has 3 rings (SSSR count). The van der Waals surface area contributed by atoms with Crippen LogP contribution in [0.5, 0.6) is 0 Å². The SMILES string of the molecule is CC(N)[C@@H]1CC[C@@H](C)C2(C1)OOC1(C[C@H](C(C)N)CC[C@H]1C)OO2. The molecule has 1 heterocycles. The summed E-state index contributed by atoms with van der Waals surface area (Å²) in [7, 11) is 0. The number of hydrogen-bond donors (Lipinski definition) is 2. The number of hydrogen-bond acceptors (Lipinski definition) is 6. The van der Waals surface area contributed by atoms with E-state index in [1.165, 1.54) is 0 Å². The Hall–Kier alpha value is -0.240. The molecular formula is C18H34N2O4. The van der Waals surface area contributed by atoms with Gasteiger partial charge in [-0.05, 0) is 51.4 Å². The summed E-state index contributed by atoms with van der Waals surface area (Å²) in [5.74, 6) is -0.585. The van der Waals surface area contributed by atoms with Gasteiger partial charge in [0.15, 0.2) is 0 Å². The van der Waals surface area contributed by atoms with Gasteiger partial charge in [-0.3, -0.25) is 0 Å². The number of rotatable bonds is 2. The highest BCUT2D eigenvalue weighted by Crippen LogP contribution is 2.50. The van der Waals surface area contributed by atoms with Gasteiger partial charge in [-0.2, -0.15) is 19.6 Å². The Kier molecular flexibility index (Phi) is 5.27. The Morgan fingerprint density at radius 1 is 0.708 bits per heavy atom. The summed E-state index contributed by atoms with van der Waals surface area (Å²) in [5.41, 5.74) is 12.2. The Balaban J connectivity index is 1.71. The molecule has 2 unspecified atom stereocenters. The van der Waals surface area contributed by atoms with Crippen LogP contribution in [0, 0.1) is 23.7 Å². The molecule has 140 valence electrons. The van der Waals surface area contributed by atoms with Crippen LogP contribution in [0.2, 0.25) is 0 Å². The van der Waals surface area contributed by atoms with Crippen LogP contribution in [0.1, 0.15) is 66.2 Å². The molecule has 2 saturated carbocycles. The lowest BCUT2D eigenvalue weighted by atomic mass is 9.75. The van der Waals surface area contributed by atoms with Crippen LogP contribution in [-0.4, -0.2) is 23.7 Å². The maximum Gasteiger partial charge on any atom is 0.237 e. The molecule has 0 amide bonds. The summed E-state index contributed by atoms with van der Waals surface area (Å²) in [6.07, 6.45) is 5.55. The fourth-order valence-electron chi connectivity index (χ4n) is 4.38. The van der Waals surface area contributed by atoms with Crippen LogP contribution in [-0.2, 0) is 19.6 Å². The van der Waals surface area contributed by atoms with Gasteiger partial charge in [-0.15, -0.1) is 0 Å². The van der Waals surface area contributed by atoms with Crippen molar-refractivity contribution in [2.24, 2.45) is 35.1 Å². The third-order valence-corrected chi connectivity index (χ3v) is 6.67. The van der Waals surface area contributed by atoms with Crippen LogP contribution in [0.4, 0.5) is 0 Å². The molecule has 6 heteroatoms. The maximum absolute atomic E-state index is 6.11. The van der Waals surface area contributed by atoms with Crippen molar-refractivity contribution in [3.05, 3.63) is 0 Å². The fraction of sp³-hybridized carbons (Fsp3) is 1.00. The van der Waals surface area contributed by atoms with Crippen molar-refractivity contribution in [3.8, 4) is 0 Å². The summed E-state index contributed by atoms with van der Waals surface area (Å²) < 4.78 is 0. The Bertz CT molecular complexity index is 395. The predicted octanol–water partition coefficient (Wildman–Crippen LogP) is 2.86. The second kappa shape index (κ2) is 6.82. The predicted molar refractivity (Wildman–Crippen MR) is 90.1 cm³/mol. The van der Waals surface area contributed by atoms with E-state index in [-0.39, 0.29) is 23.9 Å². The molecule has 0 bridgehead atoms. The molecule has 6 nitrogen and oxygen atoms in total. The molecule has 1 saturated heterocycles. The topological polar surface area (TPSA) is 89.0 Å². The van der Waals surface area contributed by atoms with Crippen LogP contribution >= 0.6 is 0 Å². The summed E-state index contributed by atoms with van der Waals surface area (Å²) in [4.78, 5) is 23.8. The van der Waals surface area contributed by atoms with Crippen molar-refractivity contribution in [3.63, 3.8) is 0 Å². The smallest absolute Gasteiger partial charge is 0.237 e. The molecule has 0 aromatic rings. The first kappa shape index (κ1) is 18.5. The van der Waals surface area contributed by atoms with E-state index in [2.05, 4.69) is 13.8 Å². The molecule has 4 N–H and O–H groups in total. The van der Waals surface area contributed by atoms with Crippen LogP contribution < -0.4 is 11.5 Å². The van der Waals surface area contributed by atoms with Crippen molar-refractivity contribution in [1.82, 2.24) is 0 Å². The molecular weight excluding hydrogens is 308 g/mol. The standard InChI is InChI=1S/C18H34N2O4/c1-11-5-7-15(13(3)19)9-17(11)21-23-18(24-22-17)10-16(14(4)20)8-6-12(18)2/h11-16H,5-10,19-20H2,1-4H3/t11-,12-,13?,14?,15-,16-,17?,18?/m1/s1. The highest BCUT2D eigenvalue weighted by Gasteiger charge is 2.57. The lowest BCUT2D eigenvalue weighted by molar-refractivity contribution is -0.676. The summed E-state index contributed by atoms with van der Waals surface area (Å²) >= 11 is 0. The quantitative estimate of drug-likeness (QED) is 0.750. The van der Waals surface area contributed by atoms with Gasteiger partial charge in [-0.1, -0.05) is 13.8 Å². The van der Waals surface area contributed by atoms with E-state index < -0.39 is 11.6 Å². The van der Waals surface area contributed by atoms with Gasteiger partial charge in [0.2, 0.25) is 11.6 Å². The highest BCUT2D eigenvalue weighted by atomic mass is 17.4. The van der Waals surface area contributed by atoms with E-state index in [0.29, 0.717) is 24.7 Å². The monoisotopic (exact) mass is 342 g/mol. The van der Waals surface area contributed by atoms with Gasteiger partial charge in [0, 0.05) is 36.8 Å². The summed E-state index contributed by atoms with van der Waals surface area (Å²) in [5, 5.41) is 0. The van der Waals surface area contributed by atoms with Crippen molar-refractivity contribution in [2.75, 3.05) is 0 Å². The molecule has 2 spiro atoms. The van der Waals surface area contributed by atoms with E-state index in [1.54, 1.807) is 0 Å². The molecule has 0 radical (unpaired) electrons. The molecule has 1 aliphatic heterocycles. The number of nitrogens with two attached hydrogens (primary N) is 2. The highest BCUT2D eigenvalue weighted by molar-refractivity contribution is 4.92. The molecule has 6 atom stereocenters. The second-order valence-corrected chi connectivity index (χ2v) is 8.56. The lowest BCUT2D eigenvalue weighted by Gasteiger charge is -2.52. The zero-order chi connectivity index (χ0) is 17.5. The largest absolute Gasteiger partial charge is 0.328 e. The van der Waals surface area contributed by atoms with Crippen LogP contribution in [0.25, 0.3) is 0 Å². The molecule has 0 aromatic carbocycles. The van der Waals surface area contributed by atoms with Gasteiger partial charge in [0.05, 0.1) is 0 Å². The molecule has 3 fully saturated rings. The van der Waals surface area contributed by atoms with Gasteiger partial charge in [-0.25, -0.2) is 0 Å². The third-order valence-electron chi connectivity index (χ3n) is 6.67. The van der Waals surface area contributed by atoms with E-state index in [4.69, 9.17) is 31.0 Å². The lowest BCUT2D eigenvalue weighted by Crippen LogP contribution is -2.60. The minimum Gasteiger partial charge on any atom is -0.328 e. The first-order valence-electron chi connectivity index (χ1n) is 9.53. The van der Waals surface area contributed by atoms with E-state index in [1.807, 2.05) is 13.8 Å². The Morgan fingerprint density at radius 3 is 1.33 bits per heavy atom. The molecule has 0 aromatic heterocycles. The van der Waals surface area contributed by atoms with Crippen LogP contribution in [0.15, 0.2) is 0 Å². The van der Waals surface area contributed by atoms with Crippen molar-refractivity contribution < 1.29 is 19.6 Å². The third kappa shape index (κ3) is 3.24. The summed E-state index contributed by atoms with van der Waals surface area (Å²) in [6.45, 7) is 8.32. The van der Waals surface area contributed by atoms with Gasteiger partial charge >= 0.3 is 0 Å². The van der Waals surface area contributed by atoms with Gasteiger partial charge < -0.3 is 11.5 Å². The van der Waals surface area contributed by atoms with E-state index in [9.17, 15) is 0 Å². The zero-order valence-electron chi connectivity index (χ0n) is 15.5. The van der Waals surface area contributed by atoms with E-state index >= 15 is 0 Å². The zero-order valence-corrected chi connectivity index (χ0v) is 15.5. The second-order valence-electron chi connectivity index (χ2n) is 8.56. The van der Waals surface area contributed by atoms with Gasteiger partial charge in [0.25, 0.3) is 0 Å². The first-order chi connectivity index (χ1) is 11.3. The maximum atomic E-state index is 6.11. The first-order valence-corrected chi connectivity index (χ1v) is 9.53. The normalized spacial score (nSPS) is 49.2.